The second-order valence-electron chi connectivity index (χ2n) is 6.16. The zero-order valence-corrected chi connectivity index (χ0v) is 15.5. The maximum absolute atomic E-state index is 12.6. The summed E-state index contributed by atoms with van der Waals surface area (Å²) in [7, 11) is -0.844. The lowest BCUT2D eigenvalue weighted by Crippen LogP contribution is -2.53. The largest absolute Gasteiger partial charge is 0.367 e. The Morgan fingerprint density at radius 1 is 1.42 bits per heavy atom. The van der Waals surface area contributed by atoms with Gasteiger partial charge in [0.25, 0.3) is 0 Å². The number of benzene rings is 1. The lowest BCUT2D eigenvalue weighted by Gasteiger charge is -2.42. The Kier molecular flexibility index (Phi) is 4.80. The highest BCUT2D eigenvalue weighted by atomic mass is 35.5. The standard InChI is InChI=1S/C18H20ClN3OS/c1-3-18(4-2)12-22(7-8-24(18)23)17-13(10-20)11-21-16-6-5-14(19)9-15(16)17/h5-6,9,11H,3-4,7-8,12H2,1-2H3. The van der Waals surface area contributed by atoms with Crippen LogP contribution in [0.1, 0.15) is 32.3 Å². The fourth-order valence-electron chi connectivity index (χ4n) is 3.47. The van der Waals surface area contributed by atoms with Gasteiger partial charge < -0.3 is 4.90 Å². The van der Waals surface area contributed by atoms with Crippen LogP contribution in [0.4, 0.5) is 5.69 Å². The summed E-state index contributed by atoms with van der Waals surface area (Å²) in [5, 5.41) is 11.1. The topological polar surface area (TPSA) is 57.0 Å². The molecule has 1 aromatic heterocycles. The van der Waals surface area contributed by atoms with E-state index in [-0.39, 0.29) is 4.75 Å². The fourth-order valence-corrected chi connectivity index (χ4v) is 5.40. The first-order valence-corrected chi connectivity index (χ1v) is 9.86. The molecule has 1 aliphatic heterocycles. The fraction of sp³-hybridized carbons (Fsp3) is 0.444. The maximum Gasteiger partial charge on any atom is 0.103 e. The van der Waals surface area contributed by atoms with Crippen molar-refractivity contribution in [2.45, 2.75) is 31.4 Å². The van der Waals surface area contributed by atoms with E-state index in [9.17, 15) is 9.47 Å². The Morgan fingerprint density at radius 3 is 2.83 bits per heavy atom. The summed E-state index contributed by atoms with van der Waals surface area (Å²) < 4.78 is 12.4. The molecule has 0 aliphatic carbocycles. The molecule has 0 radical (unpaired) electrons. The van der Waals surface area contributed by atoms with Crippen molar-refractivity contribution in [3.63, 3.8) is 0 Å². The van der Waals surface area contributed by atoms with Crippen molar-refractivity contribution in [3.05, 3.63) is 35.0 Å². The van der Waals surface area contributed by atoms with Gasteiger partial charge in [-0.15, -0.1) is 0 Å². The lowest BCUT2D eigenvalue weighted by molar-refractivity contribution is 0.496. The third-order valence-corrected chi connectivity index (χ3v) is 7.50. The van der Waals surface area contributed by atoms with Crippen LogP contribution >= 0.6 is 11.6 Å². The van der Waals surface area contributed by atoms with Crippen molar-refractivity contribution in [2.75, 3.05) is 23.7 Å². The van der Waals surface area contributed by atoms with Gasteiger partial charge in [0, 0.05) is 46.2 Å². The first-order valence-electron chi connectivity index (χ1n) is 8.16. The average molecular weight is 362 g/mol. The molecule has 1 aromatic carbocycles. The van der Waals surface area contributed by atoms with Crippen LogP contribution in [-0.2, 0) is 10.8 Å². The van der Waals surface area contributed by atoms with Gasteiger partial charge >= 0.3 is 0 Å². The Bertz CT molecular complexity index is 842. The van der Waals surface area contributed by atoms with Gasteiger partial charge in [-0.2, -0.15) is 5.26 Å². The number of anilines is 1. The second kappa shape index (κ2) is 6.70. The maximum atomic E-state index is 12.6. The number of halogens is 1. The lowest BCUT2D eigenvalue weighted by atomic mass is 9.99. The van der Waals surface area contributed by atoms with Gasteiger partial charge in [-0.3, -0.25) is 9.19 Å². The third kappa shape index (κ3) is 2.78. The first-order chi connectivity index (χ1) is 11.5. The number of pyridine rings is 1. The molecule has 3 rings (SSSR count). The third-order valence-electron chi connectivity index (χ3n) is 5.04. The van der Waals surface area contributed by atoms with E-state index in [4.69, 9.17) is 11.6 Å². The molecule has 2 heterocycles. The zero-order valence-electron chi connectivity index (χ0n) is 13.9. The van der Waals surface area contributed by atoms with Crippen molar-refractivity contribution >= 4 is 39.0 Å². The summed E-state index contributed by atoms with van der Waals surface area (Å²) in [6.07, 6.45) is 3.34. The van der Waals surface area contributed by atoms with E-state index >= 15 is 0 Å². The number of hydrogen-bond acceptors (Lipinski definition) is 4. The van der Waals surface area contributed by atoms with E-state index in [0.29, 0.717) is 29.4 Å². The number of fused-ring (bicyclic) bond motifs is 1. The Labute approximate surface area is 149 Å². The predicted octanol–water partition coefficient (Wildman–Crippen LogP) is 3.89. The summed E-state index contributed by atoms with van der Waals surface area (Å²) >= 11 is 6.18. The Morgan fingerprint density at radius 2 is 2.17 bits per heavy atom. The quantitative estimate of drug-likeness (QED) is 0.832. The molecule has 0 bridgehead atoms. The molecule has 4 nitrogen and oxygen atoms in total. The van der Waals surface area contributed by atoms with Crippen molar-refractivity contribution in [3.8, 4) is 6.07 Å². The van der Waals surface area contributed by atoms with Crippen LogP contribution < -0.4 is 4.90 Å². The van der Waals surface area contributed by atoms with Crippen molar-refractivity contribution < 1.29 is 4.21 Å². The average Bonchev–Trinajstić information content (AvgIpc) is 2.61. The van der Waals surface area contributed by atoms with Gasteiger partial charge in [-0.1, -0.05) is 25.4 Å². The van der Waals surface area contributed by atoms with Gasteiger partial charge in [-0.25, -0.2) is 0 Å². The monoisotopic (exact) mass is 361 g/mol. The second-order valence-corrected chi connectivity index (χ2v) is 8.56. The van der Waals surface area contributed by atoms with Crippen molar-refractivity contribution in [1.29, 1.82) is 5.26 Å². The first kappa shape index (κ1) is 17.2. The summed E-state index contributed by atoms with van der Waals surface area (Å²) in [5.41, 5.74) is 2.23. The van der Waals surface area contributed by atoms with Gasteiger partial charge in [0.05, 0.1) is 21.5 Å². The molecule has 1 saturated heterocycles. The predicted molar refractivity (Wildman–Crippen MR) is 100 cm³/mol. The highest BCUT2D eigenvalue weighted by molar-refractivity contribution is 7.86. The molecule has 0 amide bonds. The molecule has 1 atom stereocenters. The minimum Gasteiger partial charge on any atom is -0.367 e. The number of nitriles is 1. The SMILES string of the molecule is CCC1(CC)CN(c2c(C#N)cnc3ccc(Cl)cc23)CCS1=O. The number of rotatable bonds is 3. The highest BCUT2D eigenvalue weighted by Gasteiger charge is 2.39. The van der Waals surface area contributed by atoms with Gasteiger partial charge in [-0.05, 0) is 31.0 Å². The van der Waals surface area contributed by atoms with Gasteiger partial charge in [0.15, 0.2) is 0 Å². The molecular weight excluding hydrogens is 342 g/mol. The molecule has 0 N–H and O–H groups in total. The summed E-state index contributed by atoms with van der Waals surface area (Å²) in [4.78, 5) is 6.57. The molecule has 1 unspecified atom stereocenters. The molecule has 6 heteroatoms. The molecule has 1 aliphatic rings. The highest BCUT2D eigenvalue weighted by Crippen LogP contribution is 2.36. The smallest absolute Gasteiger partial charge is 0.103 e. The van der Waals surface area contributed by atoms with Crippen molar-refractivity contribution in [2.24, 2.45) is 0 Å². The molecule has 0 spiro atoms. The van der Waals surface area contributed by atoms with Crippen LogP contribution in [0.15, 0.2) is 24.4 Å². The van der Waals surface area contributed by atoms with Gasteiger partial charge in [0.2, 0.25) is 0 Å². The van der Waals surface area contributed by atoms with Crippen LogP contribution in [0, 0.1) is 11.3 Å². The van der Waals surface area contributed by atoms with E-state index in [1.807, 2.05) is 12.1 Å². The van der Waals surface area contributed by atoms with Crippen LogP contribution in [0.5, 0.6) is 0 Å². The molecule has 24 heavy (non-hydrogen) atoms. The summed E-state index contributed by atoms with van der Waals surface area (Å²) in [6.45, 7) is 5.55. The zero-order chi connectivity index (χ0) is 17.3. The summed E-state index contributed by atoms with van der Waals surface area (Å²) in [5.74, 6) is 0.622. The van der Waals surface area contributed by atoms with E-state index in [0.717, 1.165) is 29.4 Å². The number of hydrogen-bond donors (Lipinski definition) is 0. The molecular formula is C18H20ClN3OS. The van der Waals surface area contributed by atoms with Crippen LogP contribution in [-0.4, -0.2) is 32.8 Å². The van der Waals surface area contributed by atoms with E-state index < -0.39 is 10.8 Å². The van der Waals surface area contributed by atoms with Crippen LogP contribution in [0.2, 0.25) is 5.02 Å². The number of nitrogens with zero attached hydrogens (tertiary/aromatic N) is 3. The molecule has 126 valence electrons. The molecule has 0 saturated carbocycles. The molecule has 2 aromatic rings. The van der Waals surface area contributed by atoms with E-state index in [1.54, 1.807) is 12.3 Å². The van der Waals surface area contributed by atoms with Crippen molar-refractivity contribution in [1.82, 2.24) is 4.98 Å². The van der Waals surface area contributed by atoms with Gasteiger partial charge in [0.1, 0.15) is 6.07 Å². The minimum atomic E-state index is -0.844. The normalized spacial score (nSPS) is 20.1. The Balaban J connectivity index is 2.16. The van der Waals surface area contributed by atoms with E-state index in [2.05, 4.69) is 29.8 Å². The van der Waals surface area contributed by atoms with E-state index in [1.165, 1.54) is 0 Å². The Hall–Kier alpha value is -1.64. The molecule has 1 fully saturated rings. The number of aromatic nitrogens is 1. The minimum absolute atomic E-state index is 0.223. The van der Waals surface area contributed by atoms with Crippen LogP contribution in [0.3, 0.4) is 0 Å². The summed E-state index contributed by atoms with van der Waals surface area (Å²) in [6, 6.07) is 7.80. The van der Waals surface area contributed by atoms with Crippen LogP contribution in [0.25, 0.3) is 10.9 Å².